The molecule has 1 N–H and O–H groups in total. The number of alkyl halides is 2. The van der Waals surface area contributed by atoms with E-state index in [0.29, 0.717) is 17.9 Å². The second kappa shape index (κ2) is 5.77. The van der Waals surface area contributed by atoms with E-state index in [4.69, 9.17) is 0 Å². The Labute approximate surface area is 120 Å². The third kappa shape index (κ3) is 2.73. The van der Waals surface area contributed by atoms with Gasteiger partial charge >= 0.3 is 6.61 Å². The normalized spacial score (nSPS) is 17.8. The van der Waals surface area contributed by atoms with Gasteiger partial charge in [0, 0.05) is 25.5 Å². The first-order valence-electron chi connectivity index (χ1n) is 6.76. The maximum absolute atomic E-state index is 12.5. The van der Waals surface area contributed by atoms with Crippen LogP contribution in [0.25, 0.3) is 11.4 Å². The number of halogens is 2. The van der Waals surface area contributed by atoms with Crippen molar-refractivity contribution < 1.29 is 18.6 Å². The number of aliphatic hydroxyl groups excluding tert-OH is 1. The van der Waals surface area contributed by atoms with Crippen LogP contribution in [0.15, 0.2) is 24.3 Å². The molecule has 3 rings (SSSR count). The molecule has 0 aliphatic carbocycles. The summed E-state index contributed by atoms with van der Waals surface area (Å²) in [6.45, 7) is -2.22. The highest BCUT2D eigenvalue weighted by molar-refractivity contribution is 5.64. The van der Waals surface area contributed by atoms with Crippen LogP contribution in [0.1, 0.15) is 12.2 Å². The molecule has 5 nitrogen and oxygen atoms in total. The molecule has 0 fully saturated rings. The van der Waals surface area contributed by atoms with E-state index in [2.05, 4.69) is 14.9 Å². The Morgan fingerprint density at radius 1 is 1.33 bits per heavy atom. The SMILES string of the molecule is OCC1CCc2nnc(-c3ccccc3OC(F)F)n2C1. The van der Waals surface area contributed by atoms with Crippen molar-refractivity contribution in [3.63, 3.8) is 0 Å². The molecular weight excluding hydrogens is 280 g/mol. The molecule has 1 aromatic carbocycles. The van der Waals surface area contributed by atoms with E-state index in [1.165, 1.54) is 6.07 Å². The summed E-state index contributed by atoms with van der Waals surface area (Å²) in [6, 6.07) is 6.53. The van der Waals surface area contributed by atoms with Crippen molar-refractivity contribution in [1.82, 2.24) is 14.8 Å². The molecule has 1 atom stereocenters. The van der Waals surface area contributed by atoms with Crippen molar-refractivity contribution in [2.24, 2.45) is 5.92 Å². The highest BCUT2D eigenvalue weighted by atomic mass is 19.3. The number of para-hydroxylation sites is 1. The summed E-state index contributed by atoms with van der Waals surface area (Å²) in [5.41, 5.74) is 0.482. The molecule has 112 valence electrons. The molecule has 2 heterocycles. The lowest BCUT2D eigenvalue weighted by Crippen LogP contribution is -2.23. The van der Waals surface area contributed by atoms with Gasteiger partial charge in [0.2, 0.25) is 0 Å². The number of fused-ring (bicyclic) bond motifs is 1. The maximum atomic E-state index is 12.5. The fourth-order valence-corrected chi connectivity index (χ4v) is 2.59. The molecule has 7 heteroatoms. The molecule has 21 heavy (non-hydrogen) atoms. The van der Waals surface area contributed by atoms with Crippen LogP contribution in [0, 0.1) is 5.92 Å². The minimum absolute atomic E-state index is 0.0776. The highest BCUT2D eigenvalue weighted by Gasteiger charge is 2.24. The van der Waals surface area contributed by atoms with Crippen LogP contribution in [0.5, 0.6) is 5.75 Å². The van der Waals surface area contributed by atoms with Crippen LogP contribution in [-0.2, 0) is 13.0 Å². The minimum Gasteiger partial charge on any atom is -0.434 e. The van der Waals surface area contributed by atoms with Gasteiger partial charge in [-0.05, 0) is 18.6 Å². The molecule has 2 aromatic rings. The van der Waals surface area contributed by atoms with Crippen LogP contribution in [0.3, 0.4) is 0 Å². The van der Waals surface area contributed by atoms with Gasteiger partial charge in [0.05, 0.1) is 5.56 Å². The van der Waals surface area contributed by atoms with Crippen molar-refractivity contribution in [2.45, 2.75) is 26.0 Å². The van der Waals surface area contributed by atoms with E-state index in [0.717, 1.165) is 18.7 Å². The lowest BCUT2D eigenvalue weighted by atomic mass is 10.00. The van der Waals surface area contributed by atoms with Crippen LogP contribution in [0.4, 0.5) is 8.78 Å². The van der Waals surface area contributed by atoms with E-state index >= 15 is 0 Å². The molecule has 0 bridgehead atoms. The number of ether oxygens (including phenoxy) is 1. The molecule has 1 aliphatic heterocycles. The lowest BCUT2D eigenvalue weighted by Gasteiger charge is -2.22. The monoisotopic (exact) mass is 295 g/mol. The Morgan fingerprint density at radius 2 is 2.14 bits per heavy atom. The Bertz CT molecular complexity index is 630. The summed E-state index contributed by atoms with van der Waals surface area (Å²) >= 11 is 0. The van der Waals surface area contributed by atoms with Crippen LogP contribution < -0.4 is 4.74 Å². The summed E-state index contributed by atoms with van der Waals surface area (Å²) in [5, 5.41) is 17.5. The Morgan fingerprint density at radius 3 is 2.90 bits per heavy atom. The van der Waals surface area contributed by atoms with Gasteiger partial charge in [-0.25, -0.2) is 0 Å². The van der Waals surface area contributed by atoms with Gasteiger partial charge < -0.3 is 14.4 Å². The Balaban J connectivity index is 2.00. The molecule has 0 amide bonds. The lowest BCUT2D eigenvalue weighted by molar-refractivity contribution is -0.0494. The largest absolute Gasteiger partial charge is 0.434 e. The molecular formula is C14H15F2N3O2. The van der Waals surface area contributed by atoms with E-state index in [-0.39, 0.29) is 18.3 Å². The second-order valence-corrected chi connectivity index (χ2v) is 5.01. The average molecular weight is 295 g/mol. The summed E-state index contributed by atoms with van der Waals surface area (Å²) in [5.74, 6) is 1.52. The topological polar surface area (TPSA) is 60.2 Å². The number of aliphatic hydroxyl groups is 1. The predicted molar refractivity (Wildman–Crippen MR) is 71.0 cm³/mol. The Hall–Kier alpha value is -2.02. The third-order valence-corrected chi connectivity index (χ3v) is 3.65. The van der Waals surface area contributed by atoms with E-state index in [1.807, 2.05) is 4.57 Å². The van der Waals surface area contributed by atoms with Crippen molar-refractivity contribution in [3.8, 4) is 17.1 Å². The van der Waals surface area contributed by atoms with Gasteiger partial charge in [-0.3, -0.25) is 0 Å². The number of aryl methyl sites for hydroxylation is 1. The van der Waals surface area contributed by atoms with Crippen LogP contribution in [0.2, 0.25) is 0 Å². The first-order chi connectivity index (χ1) is 10.2. The zero-order valence-corrected chi connectivity index (χ0v) is 11.2. The van der Waals surface area contributed by atoms with Crippen molar-refractivity contribution >= 4 is 0 Å². The first-order valence-corrected chi connectivity index (χ1v) is 6.76. The Kier molecular flexibility index (Phi) is 3.83. The average Bonchev–Trinajstić information content (AvgIpc) is 2.90. The van der Waals surface area contributed by atoms with Crippen molar-refractivity contribution in [3.05, 3.63) is 30.1 Å². The summed E-state index contributed by atoms with van der Waals surface area (Å²) < 4.78 is 31.4. The standard InChI is InChI=1S/C14H15F2N3O2/c15-14(16)21-11-4-2-1-3-10(11)13-18-17-12-6-5-9(8-20)7-19(12)13/h1-4,9,14,20H,5-8H2. The molecule has 1 aliphatic rings. The molecule has 0 saturated heterocycles. The first kappa shape index (κ1) is 13.9. The summed E-state index contributed by atoms with van der Waals surface area (Å²) in [4.78, 5) is 0. The molecule has 0 saturated carbocycles. The smallest absolute Gasteiger partial charge is 0.387 e. The van der Waals surface area contributed by atoms with Crippen molar-refractivity contribution in [2.75, 3.05) is 6.61 Å². The van der Waals surface area contributed by atoms with Gasteiger partial charge in [-0.1, -0.05) is 12.1 Å². The third-order valence-electron chi connectivity index (χ3n) is 3.65. The fraction of sp³-hybridized carbons (Fsp3) is 0.429. The zero-order chi connectivity index (χ0) is 14.8. The second-order valence-electron chi connectivity index (χ2n) is 5.01. The number of nitrogens with zero attached hydrogens (tertiary/aromatic N) is 3. The van der Waals surface area contributed by atoms with Crippen molar-refractivity contribution in [1.29, 1.82) is 0 Å². The number of hydrogen-bond donors (Lipinski definition) is 1. The molecule has 0 radical (unpaired) electrons. The maximum Gasteiger partial charge on any atom is 0.387 e. The zero-order valence-electron chi connectivity index (χ0n) is 11.2. The molecule has 1 unspecified atom stereocenters. The summed E-state index contributed by atoms with van der Waals surface area (Å²) in [6.07, 6.45) is 1.57. The van der Waals surface area contributed by atoms with Gasteiger partial charge in [0.25, 0.3) is 0 Å². The predicted octanol–water partition coefficient (Wildman–Crippen LogP) is 2.10. The van der Waals surface area contributed by atoms with E-state index in [9.17, 15) is 13.9 Å². The number of benzene rings is 1. The van der Waals surface area contributed by atoms with Gasteiger partial charge in [0.1, 0.15) is 11.6 Å². The van der Waals surface area contributed by atoms with E-state index in [1.54, 1.807) is 18.2 Å². The highest BCUT2D eigenvalue weighted by Crippen LogP contribution is 2.32. The van der Waals surface area contributed by atoms with Crippen LogP contribution >= 0.6 is 0 Å². The minimum atomic E-state index is -2.89. The number of rotatable bonds is 4. The quantitative estimate of drug-likeness (QED) is 0.938. The van der Waals surface area contributed by atoms with Gasteiger partial charge in [-0.15, -0.1) is 10.2 Å². The van der Waals surface area contributed by atoms with E-state index < -0.39 is 6.61 Å². The van der Waals surface area contributed by atoms with Gasteiger partial charge in [0.15, 0.2) is 5.82 Å². The molecule has 1 aromatic heterocycles. The fourth-order valence-electron chi connectivity index (χ4n) is 2.59. The number of hydrogen-bond acceptors (Lipinski definition) is 4. The van der Waals surface area contributed by atoms with Gasteiger partial charge in [-0.2, -0.15) is 8.78 Å². The summed E-state index contributed by atoms with van der Waals surface area (Å²) in [7, 11) is 0. The molecule has 0 spiro atoms. The number of aromatic nitrogens is 3. The van der Waals surface area contributed by atoms with Crippen LogP contribution in [-0.4, -0.2) is 33.1 Å².